The van der Waals surface area contributed by atoms with Crippen molar-refractivity contribution in [3.8, 4) is 0 Å². The van der Waals surface area contributed by atoms with Gasteiger partial charge in [-0.1, -0.05) is 12.1 Å². The molecule has 0 radical (unpaired) electrons. The van der Waals surface area contributed by atoms with Crippen LogP contribution in [0.4, 0.5) is 10.3 Å². The van der Waals surface area contributed by atoms with Gasteiger partial charge in [-0.3, -0.25) is 4.90 Å². The molecule has 1 aliphatic rings. The number of piperazine rings is 1. The van der Waals surface area contributed by atoms with Gasteiger partial charge in [0.25, 0.3) is 0 Å². The van der Waals surface area contributed by atoms with Crippen LogP contribution < -0.4 is 9.62 Å². The first-order valence-corrected chi connectivity index (χ1v) is 10.0. The van der Waals surface area contributed by atoms with Gasteiger partial charge in [-0.2, -0.15) is 0 Å². The first kappa shape index (κ1) is 18.7. The van der Waals surface area contributed by atoms with E-state index in [9.17, 15) is 12.8 Å². The Labute approximate surface area is 152 Å². The van der Waals surface area contributed by atoms with Gasteiger partial charge in [-0.25, -0.2) is 27.5 Å². The zero-order chi connectivity index (χ0) is 18.4. The van der Waals surface area contributed by atoms with E-state index in [-0.39, 0.29) is 11.4 Å². The average molecular weight is 379 g/mol. The predicted octanol–water partition coefficient (Wildman–Crippen LogP) is 1.11. The normalized spacial score (nSPS) is 16.0. The Bertz CT molecular complexity index is 811. The third-order valence-corrected chi connectivity index (χ3v) is 5.77. The molecule has 1 aliphatic heterocycles. The Morgan fingerprint density at radius 2 is 1.73 bits per heavy atom. The Kier molecular flexibility index (Phi) is 6.12. The molecule has 0 unspecified atom stereocenters. The molecule has 0 saturated carbocycles. The highest BCUT2D eigenvalue weighted by Gasteiger charge is 2.20. The van der Waals surface area contributed by atoms with E-state index in [0.29, 0.717) is 6.42 Å². The fourth-order valence-electron chi connectivity index (χ4n) is 2.88. The highest BCUT2D eigenvalue weighted by Crippen LogP contribution is 2.13. The lowest BCUT2D eigenvalue weighted by atomic mass is 10.3. The summed E-state index contributed by atoms with van der Waals surface area (Å²) in [7, 11) is -3.81. The monoisotopic (exact) mass is 379 g/mol. The Morgan fingerprint density at radius 1 is 1.04 bits per heavy atom. The van der Waals surface area contributed by atoms with Gasteiger partial charge < -0.3 is 4.90 Å². The minimum absolute atomic E-state index is 0.276. The van der Waals surface area contributed by atoms with Crippen molar-refractivity contribution in [2.45, 2.75) is 11.3 Å². The zero-order valence-corrected chi connectivity index (χ0v) is 15.2. The first-order valence-electron chi connectivity index (χ1n) is 8.55. The van der Waals surface area contributed by atoms with Gasteiger partial charge in [0.05, 0.1) is 0 Å². The smallest absolute Gasteiger partial charge is 0.243 e. The third-order valence-electron chi connectivity index (χ3n) is 4.28. The summed E-state index contributed by atoms with van der Waals surface area (Å²) < 4.78 is 40.3. The molecule has 2 heterocycles. The highest BCUT2D eigenvalue weighted by molar-refractivity contribution is 7.89. The van der Waals surface area contributed by atoms with Crippen LogP contribution in [0.2, 0.25) is 0 Å². The van der Waals surface area contributed by atoms with Gasteiger partial charge in [-0.05, 0) is 31.2 Å². The number of hydrogen-bond donors (Lipinski definition) is 1. The summed E-state index contributed by atoms with van der Waals surface area (Å²) in [4.78, 5) is 12.6. The van der Waals surface area contributed by atoms with Crippen LogP contribution in [0.15, 0.2) is 47.6 Å². The molecule has 1 aromatic carbocycles. The molecular formula is C17H22FN5O2S. The number of nitrogens with zero attached hydrogens (tertiary/aromatic N) is 4. The van der Waals surface area contributed by atoms with Crippen LogP contribution in [0.1, 0.15) is 6.42 Å². The summed E-state index contributed by atoms with van der Waals surface area (Å²) >= 11 is 0. The van der Waals surface area contributed by atoms with Gasteiger partial charge in [0.15, 0.2) is 0 Å². The van der Waals surface area contributed by atoms with Crippen LogP contribution in [0.5, 0.6) is 0 Å². The molecule has 1 aromatic heterocycles. The van der Waals surface area contributed by atoms with Crippen molar-refractivity contribution in [1.82, 2.24) is 19.6 Å². The van der Waals surface area contributed by atoms with Crippen LogP contribution in [0.3, 0.4) is 0 Å². The summed E-state index contributed by atoms with van der Waals surface area (Å²) in [5, 5.41) is 0. The van der Waals surface area contributed by atoms with Crippen LogP contribution in [-0.4, -0.2) is 62.6 Å². The number of aromatic nitrogens is 2. The van der Waals surface area contributed by atoms with Crippen molar-refractivity contribution < 1.29 is 12.8 Å². The Hall–Kier alpha value is -2.10. The summed E-state index contributed by atoms with van der Waals surface area (Å²) in [6, 6.07) is 7.18. The third kappa shape index (κ3) is 4.75. The highest BCUT2D eigenvalue weighted by atomic mass is 32.2. The molecule has 0 atom stereocenters. The second kappa shape index (κ2) is 8.52. The fourth-order valence-corrected chi connectivity index (χ4v) is 4.03. The number of anilines is 1. The Morgan fingerprint density at radius 3 is 2.42 bits per heavy atom. The van der Waals surface area contributed by atoms with Gasteiger partial charge >= 0.3 is 0 Å². The molecule has 3 rings (SSSR count). The maximum atomic E-state index is 13.6. The van der Waals surface area contributed by atoms with Gasteiger partial charge in [-0.15, -0.1) is 0 Å². The van der Waals surface area contributed by atoms with E-state index in [1.165, 1.54) is 18.2 Å². The molecule has 7 nitrogen and oxygen atoms in total. The van der Waals surface area contributed by atoms with Crippen molar-refractivity contribution in [3.05, 3.63) is 48.5 Å². The maximum Gasteiger partial charge on any atom is 0.243 e. The molecule has 1 saturated heterocycles. The molecule has 0 amide bonds. The SMILES string of the molecule is O=S(=O)(NCCCN1CCN(c2ncccn2)CC1)c1ccccc1F. The minimum atomic E-state index is -3.81. The van der Waals surface area contributed by atoms with Crippen LogP contribution in [-0.2, 0) is 10.0 Å². The Balaban J connectivity index is 1.40. The van der Waals surface area contributed by atoms with E-state index in [0.717, 1.165) is 44.7 Å². The van der Waals surface area contributed by atoms with Crippen LogP contribution in [0.25, 0.3) is 0 Å². The number of hydrogen-bond acceptors (Lipinski definition) is 6. The summed E-state index contributed by atoms with van der Waals surface area (Å²) in [6.07, 6.45) is 4.13. The van der Waals surface area contributed by atoms with Crippen molar-refractivity contribution in [3.63, 3.8) is 0 Å². The lowest BCUT2D eigenvalue weighted by molar-refractivity contribution is 0.254. The van der Waals surface area contributed by atoms with Crippen LogP contribution >= 0.6 is 0 Å². The van der Waals surface area contributed by atoms with Crippen molar-refractivity contribution >= 4 is 16.0 Å². The largest absolute Gasteiger partial charge is 0.338 e. The number of benzene rings is 1. The lowest BCUT2D eigenvalue weighted by Gasteiger charge is -2.34. The summed E-state index contributed by atoms with van der Waals surface area (Å²) in [5.74, 6) is 0.00375. The minimum Gasteiger partial charge on any atom is -0.338 e. The quantitative estimate of drug-likeness (QED) is 0.726. The molecular weight excluding hydrogens is 357 g/mol. The molecule has 0 spiro atoms. The van der Waals surface area contributed by atoms with E-state index in [1.807, 2.05) is 0 Å². The molecule has 26 heavy (non-hydrogen) atoms. The number of nitrogens with one attached hydrogen (secondary N) is 1. The number of sulfonamides is 1. The fraction of sp³-hybridized carbons (Fsp3) is 0.412. The molecule has 1 fully saturated rings. The molecule has 0 bridgehead atoms. The second-order valence-electron chi connectivity index (χ2n) is 6.06. The van der Waals surface area contributed by atoms with Crippen LogP contribution in [0, 0.1) is 5.82 Å². The van der Waals surface area contributed by atoms with E-state index in [1.54, 1.807) is 18.5 Å². The van der Waals surface area contributed by atoms with Gasteiger partial charge in [0.2, 0.25) is 16.0 Å². The number of halogens is 1. The molecule has 9 heteroatoms. The first-order chi connectivity index (χ1) is 12.6. The van der Waals surface area contributed by atoms with Gasteiger partial charge in [0.1, 0.15) is 10.7 Å². The standard InChI is InChI=1S/C17H22FN5O2S/c18-15-5-1-2-6-16(15)26(24,25)21-9-4-10-22-11-13-23(14-12-22)17-19-7-3-8-20-17/h1-3,5-8,21H,4,9-14H2. The molecule has 2 aromatic rings. The van der Waals surface area contributed by atoms with E-state index < -0.39 is 15.8 Å². The van der Waals surface area contributed by atoms with Crippen molar-refractivity contribution in [2.75, 3.05) is 44.2 Å². The van der Waals surface area contributed by atoms with Crippen molar-refractivity contribution in [2.24, 2.45) is 0 Å². The predicted molar refractivity (Wildman–Crippen MR) is 96.9 cm³/mol. The summed E-state index contributed by atoms with van der Waals surface area (Å²) in [5.41, 5.74) is 0. The topological polar surface area (TPSA) is 78.4 Å². The van der Waals surface area contributed by atoms with Crippen molar-refractivity contribution in [1.29, 1.82) is 0 Å². The zero-order valence-electron chi connectivity index (χ0n) is 14.4. The van der Waals surface area contributed by atoms with E-state index >= 15 is 0 Å². The molecule has 0 aliphatic carbocycles. The second-order valence-corrected chi connectivity index (χ2v) is 7.79. The average Bonchev–Trinajstić information content (AvgIpc) is 2.67. The van der Waals surface area contributed by atoms with E-state index in [2.05, 4.69) is 24.5 Å². The number of rotatable bonds is 7. The lowest BCUT2D eigenvalue weighted by Crippen LogP contribution is -2.47. The molecule has 140 valence electrons. The maximum absolute atomic E-state index is 13.6. The summed E-state index contributed by atoms with van der Waals surface area (Å²) in [6.45, 7) is 4.48. The van der Waals surface area contributed by atoms with E-state index in [4.69, 9.17) is 0 Å². The molecule has 1 N–H and O–H groups in total. The van der Waals surface area contributed by atoms with Gasteiger partial charge in [0, 0.05) is 45.1 Å².